The van der Waals surface area contributed by atoms with Crippen molar-refractivity contribution < 1.29 is 9.90 Å². The first kappa shape index (κ1) is 13.4. The van der Waals surface area contributed by atoms with Crippen molar-refractivity contribution in [1.29, 1.82) is 5.26 Å². The molecule has 1 saturated heterocycles. The smallest absolute Gasteiger partial charge is 0.311 e. The zero-order chi connectivity index (χ0) is 14.0. The van der Waals surface area contributed by atoms with E-state index in [-0.39, 0.29) is 0 Å². The summed E-state index contributed by atoms with van der Waals surface area (Å²) in [5, 5.41) is 18.6. The number of benzene rings is 1. The topological polar surface area (TPSA) is 64.3 Å². The van der Waals surface area contributed by atoms with Gasteiger partial charge in [-0.25, -0.2) is 0 Å². The number of carbonyl (C=O) groups is 1. The Hall–Kier alpha value is -2.02. The van der Waals surface area contributed by atoms with E-state index in [4.69, 9.17) is 0 Å². The van der Waals surface area contributed by atoms with Crippen LogP contribution in [0.4, 0.5) is 5.69 Å². The number of hydrogen-bond acceptors (Lipinski definition) is 3. The molecule has 0 spiro atoms. The van der Waals surface area contributed by atoms with Crippen molar-refractivity contribution in [1.82, 2.24) is 0 Å². The first-order valence-electron chi connectivity index (χ1n) is 6.51. The Morgan fingerprint density at radius 1 is 1.58 bits per heavy atom. The van der Waals surface area contributed by atoms with Gasteiger partial charge in [0, 0.05) is 13.1 Å². The van der Waals surface area contributed by atoms with Gasteiger partial charge in [-0.15, -0.1) is 0 Å². The molecule has 19 heavy (non-hydrogen) atoms. The number of carboxylic acid groups (broad SMARTS) is 1. The first-order chi connectivity index (χ1) is 9.02. The predicted molar refractivity (Wildman–Crippen MR) is 73.1 cm³/mol. The van der Waals surface area contributed by atoms with E-state index in [1.807, 2.05) is 30.9 Å². The minimum atomic E-state index is -0.733. The second-order valence-corrected chi connectivity index (χ2v) is 5.24. The summed E-state index contributed by atoms with van der Waals surface area (Å²) in [7, 11) is 0. The SMILES string of the molecule is CCC1(C(=O)O)CCN(c2cc(C)ccc2C#N)C1. The molecule has 0 radical (unpaired) electrons. The molecule has 1 heterocycles. The molecule has 1 unspecified atom stereocenters. The van der Waals surface area contributed by atoms with E-state index >= 15 is 0 Å². The van der Waals surface area contributed by atoms with Gasteiger partial charge in [-0.3, -0.25) is 4.79 Å². The van der Waals surface area contributed by atoms with E-state index in [2.05, 4.69) is 6.07 Å². The second kappa shape index (κ2) is 4.93. The number of anilines is 1. The molecule has 100 valence electrons. The molecule has 1 aromatic carbocycles. The summed E-state index contributed by atoms with van der Waals surface area (Å²) >= 11 is 0. The van der Waals surface area contributed by atoms with E-state index < -0.39 is 11.4 Å². The van der Waals surface area contributed by atoms with Crippen LogP contribution < -0.4 is 4.90 Å². The van der Waals surface area contributed by atoms with Gasteiger partial charge < -0.3 is 10.0 Å². The molecule has 1 aromatic rings. The molecular weight excluding hydrogens is 240 g/mol. The van der Waals surface area contributed by atoms with Crippen LogP contribution in [0.25, 0.3) is 0 Å². The fourth-order valence-electron chi connectivity index (χ4n) is 2.69. The maximum Gasteiger partial charge on any atom is 0.311 e. The van der Waals surface area contributed by atoms with Gasteiger partial charge in [-0.2, -0.15) is 5.26 Å². The molecule has 1 N–H and O–H groups in total. The van der Waals surface area contributed by atoms with Gasteiger partial charge in [0.1, 0.15) is 6.07 Å². The zero-order valence-corrected chi connectivity index (χ0v) is 11.3. The van der Waals surface area contributed by atoms with Crippen molar-refractivity contribution in [2.75, 3.05) is 18.0 Å². The Morgan fingerprint density at radius 2 is 2.32 bits per heavy atom. The van der Waals surface area contributed by atoms with Crippen LogP contribution in [0, 0.1) is 23.7 Å². The van der Waals surface area contributed by atoms with Crippen LogP contribution in [-0.2, 0) is 4.79 Å². The number of rotatable bonds is 3. The third kappa shape index (κ3) is 2.28. The number of nitriles is 1. The Labute approximate surface area is 113 Å². The first-order valence-corrected chi connectivity index (χ1v) is 6.51. The predicted octanol–water partition coefficient (Wildman–Crippen LogP) is 2.56. The minimum absolute atomic E-state index is 0.483. The lowest BCUT2D eigenvalue weighted by atomic mass is 9.84. The normalized spacial score (nSPS) is 22.3. The molecule has 2 rings (SSSR count). The number of hydrogen-bond donors (Lipinski definition) is 1. The average molecular weight is 258 g/mol. The highest BCUT2D eigenvalue weighted by Crippen LogP contribution is 2.37. The van der Waals surface area contributed by atoms with Crippen LogP contribution in [-0.4, -0.2) is 24.2 Å². The van der Waals surface area contributed by atoms with Crippen LogP contribution in [0.2, 0.25) is 0 Å². The molecule has 4 nitrogen and oxygen atoms in total. The third-order valence-corrected chi connectivity index (χ3v) is 4.10. The van der Waals surface area contributed by atoms with Crippen molar-refractivity contribution in [2.24, 2.45) is 5.41 Å². The van der Waals surface area contributed by atoms with Gasteiger partial charge in [-0.1, -0.05) is 13.0 Å². The fourth-order valence-corrected chi connectivity index (χ4v) is 2.69. The highest BCUT2D eigenvalue weighted by Gasteiger charge is 2.43. The Morgan fingerprint density at radius 3 is 2.84 bits per heavy atom. The Bertz CT molecular complexity index is 548. The number of aryl methyl sites for hydroxylation is 1. The molecule has 1 fully saturated rings. The lowest BCUT2D eigenvalue weighted by molar-refractivity contribution is -0.147. The van der Waals surface area contributed by atoms with Gasteiger partial charge in [0.15, 0.2) is 0 Å². The molecule has 1 aliphatic rings. The quantitative estimate of drug-likeness (QED) is 0.905. The van der Waals surface area contributed by atoms with Gasteiger partial charge in [0.05, 0.1) is 16.7 Å². The maximum atomic E-state index is 11.5. The minimum Gasteiger partial charge on any atom is -0.481 e. The molecule has 0 aliphatic carbocycles. The molecule has 0 bridgehead atoms. The maximum absolute atomic E-state index is 11.5. The molecular formula is C15H18N2O2. The number of carboxylic acids is 1. The Balaban J connectivity index is 2.34. The van der Waals surface area contributed by atoms with Crippen molar-refractivity contribution in [3.05, 3.63) is 29.3 Å². The van der Waals surface area contributed by atoms with Crippen molar-refractivity contribution in [3.8, 4) is 6.07 Å². The van der Waals surface area contributed by atoms with Crippen LogP contribution in [0.1, 0.15) is 30.9 Å². The zero-order valence-electron chi connectivity index (χ0n) is 11.3. The highest BCUT2D eigenvalue weighted by atomic mass is 16.4. The molecule has 1 atom stereocenters. The molecule has 4 heteroatoms. The third-order valence-electron chi connectivity index (χ3n) is 4.10. The lowest BCUT2D eigenvalue weighted by Crippen LogP contribution is -2.34. The summed E-state index contributed by atoms with van der Waals surface area (Å²) in [6.45, 7) is 5.07. The summed E-state index contributed by atoms with van der Waals surface area (Å²) in [5.74, 6) is -0.733. The second-order valence-electron chi connectivity index (χ2n) is 5.24. The van der Waals surface area contributed by atoms with E-state index in [1.165, 1.54) is 0 Å². The van der Waals surface area contributed by atoms with Crippen LogP contribution >= 0.6 is 0 Å². The van der Waals surface area contributed by atoms with Crippen molar-refractivity contribution >= 4 is 11.7 Å². The van der Waals surface area contributed by atoms with Gasteiger partial charge in [0.2, 0.25) is 0 Å². The molecule has 0 amide bonds. The van der Waals surface area contributed by atoms with E-state index in [0.29, 0.717) is 31.5 Å². The summed E-state index contributed by atoms with van der Waals surface area (Å²) < 4.78 is 0. The van der Waals surface area contributed by atoms with Crippen LogP contribution in [0.5, 0.6) is 0 Å². The largest absolute Gasteiger partial charge is 0.481 e. The monoisotopic (exact) mass is 258 g/mol. The summed E-state index contributed by atoms with van der Waals surface area (Å²) in [6.07, 6.45) is 1.25. The highest BCUT2D eigenvalue weighted by molar-refractivity contribution is 5.77. The van der Waals surface area contributed by atoms with Crippen molar-refractivity contribution in [2.45, 2.75) is 26.7 Å². The van der Waals surface area contributed by atoms with Gasteiger partial charge >= 0.3 is 5.97 Å². The standard InChI is InChI=1S/C15H18N2O2/c1-3-15(14(18)19)6-7-17(10-15)13-8-11(2)4-5-12(13)9-16/h4-5,8H,3,6-7,10H2,1-2H3,(H,18,19). The van der Waals surface area contributed by atoms with E-state index in [1.54, 1.807) is 6.07 Å². The molecule has 0 saturated carbocycles. The molecule has 0 aromatic heterocycles. The average Bonchev–Trinajstić information content (AvgIpc) is 2.84. The lowest BCUT2D eigenvalue weighted by Gasteiger charge is -2.25. The number of nitrogens with zero attached hydrogens (tertiary/aromatic N) is 2. The van der Waals surface area contributed by atoms with Crippen LogP contribution in [0.3, 0.4) is 0 Å². The summed E-state index contributed by atoms with van der Waals surface area (Å²) in [4.78, 5) is 13.5. The summed E-state index contributed by atoms with van der Waals surface area (Å²) in [6, 6.07) is 7.86. The van der Waals surface area contributed by atoms with Crippen LogP contribution in [0.15, 0.2) is 18.2 Å². The van der Waals surface area contributed by atoms with Crippen molar-refractivity contribution in [3.63, 3.8) is 0 Å². The molecule has 1 aliphatic heterocycles. The van der Waals surface area contributed by atoms with E-state index in [0.717, 1.165) is 11.3 Å². The van der Waals surface area contributed by atoms with Gasteiger partial charge in [0.25, 0.3) is 0 Å². The number of aliphatic carboxylic acids is 1. The summed E-state index contributed by atoms with van der Waals surface area (Å²) in [5.41, 5.74) is 1.89. The fraction of sp³-hybridized carbons (Fsp3) is 0.467. The van der Waals surface area contributed by atoms with Gasteiger partial charge in [-0.05, 0) is 37.5 Å². The van der Waals surface area contributed by atoms with E-state index in [9.17, 15) is 15.2 Å². The Kier molecular flexibility index (Phi) is 3.48.